The second-order valence-corrected chi connectivity index (χ2v) is 5.59. The number of hydrogen-bond donors (Lipinski definition) is 1. The number of thiazole rings is 1. The number of hydrogen-bond acceptors (Lipinski definition) is 4. The van der Waals surface area contributed by atoms with Crippen LogP contribution < -0.4 is 10.1 Å². The minimum absolute atomic E-state index is 0.139. The molecule has 2 aromatic rings. The Morgan fingerprint density at radius 3 is 2.95 bits per heavy atom. The molecule has 108 valence electrons. The number of ether oxygens (including phenoxy) is 1. The number of nitrogens with one attached hydrogen (secondary N) is 1. The van der Waals surface area contributed by atoms with Crippen molar-refractivity contribution < 1.29 is 9.13 Å². The van der Waals surface area contributed by atoms with Gasteiger partial charge in [-0.05, 0) is 37.6 Å². The Balaban J connectivity index is 1.98. The molecule has 2 rings (SSSR count). The van der Waals surface area contributed by atoms with Crippen LogP contribution in [0.5, 0.6) is 5.75 Å². The van der Waals surface area contributed by atoms with Crippen molar-refractivity contribution >= 4 is 11.3 Å². The highest BCUT2D eigenvalue weighted by atomic mass is 32.1. The number of rotatable bonds is 7. The third kappa shape index (κ3) is 4.02. The first-order valence-electron chi connectivity index (χ1n) is 6.73. The van der Waals surface area contributed by atoms with Crippen LogP contribution in [0.3, 0.4) is 0 Å². The molecule has 0 spiro atoms. The van der Waals surface area contributed by atoms with Gasteiger partial charge in [-0.1, -0.05) is 13.0 Å². The van der Waals surface area contributed by atoms with Gasteiger partial charge in [0.1, 0.15) is 6.61 Å². The van der Waals surface area contributed by atoms with Gasteiger partial charge in [0.25, 0.3) is 0 Å². The van der Waals surface area contributed by atoms with Gasteiger partial charge in [-0.2, -0.15) is 0 Å². The highest BCUT2D eigenvalue weighted by molar-refractivity contribution is 7.09. The van der Waals surface area contributed by atoms with Gasteiger partial charge in [0.05, 0.1) is 10.4 Å². The minimum atomic E-state index is -0.322. The molecule has 0 bridgehead atoms. The zero-order valence-corrected chi connectivity index (χ0v) is 12.5. The molecule has 0 saturated heterocycles. The zero-order valence-electron chi connectivity index (χ0n) is 11.7. The zero-order chi connectivity index (χ0) is 14.4. The van der Waals surface area contributed by atoms with E-state index in [2.05, 4.69) is 17.2 Å². The number of halogens is 1. The van der Waals surface area contributed by atoms with Crippen LogP contribution >= 0.6 is 11.3 Å². The molecule has 0 radical (unpaired) electrons. The van der Waals surface area contributed by atoms with Crippen molar-refractivity contribution in [1.29, 1.82) is 0 Å². The summed E-state index contributed by atoms with van der Waals surface area (Å²) in [5.41, 5.74) is 2.67. The maximum Gasteiger partial charge on any atom is 0.165 e. The molecule has 0 aliphatic carbocycles. The third-order valence-electron chi connectivity index (χ3n) is 3.01. The van der Waals surface area contributed by atoms with Gasteiger partial charge >= 0.3 is 0 Å². The summed E-state index contributed by atoms with van der Waals surface area (Å²) in [6.07, 6.45) is 2.79. The molecule has 1 heterocycles. The smallest absolute Gasteiger partial charge is 0.165 e. The second-order valence-electron chi connectivity index (χ2n) is 4.62. The van der Waals surface area contributed by atoms with E-state index >= 15 is 0 Å². The lowest BCUT2D eigenvalue weighted by Gasteiger charge is -2.15. The monoisotopic (exact) mass is 294 g/mol. The Hall–Kier alpha value is -1.46. The van der Waals surface area contributed by atoms with Crippen molar-refractivity contribution in [1.82, 2.24) is 10.3 Å². The topological polar surface area (TPSA) is 34.1 Å². The second kappa shape index (κ2) is 7.36. The fourth-order valence-electron chi connectivity index (χ4n) is 1.84. The molecule has 0 amide bonds. The average molecular weight is 294 g/mol. The Bertz CT molecular complexity index is 531. The lowest BCUT2D eigenvalue weighted by molar-refractivity contribution is 0.293. The van der Waals surface area contributed by atoms with Gasteiger partial charge in [-0.3, -0.25) is 4.98 Å². The van der Waals surface area contributed by atoms with E-state index in [9.17, 15) is 4.39 Å². The van der Waals surface area contributed by atoms with Crippen LogP contribution in [0.15, 0.2) is 29.9 Å². The molecule has 3 nitrogen and oxygen atoms in total. The Labute approximate surface area is 122 Å². The van der Waals surface area contributed by atoms with Gasteiger partial charge in [-0.15, -0.1) is 11.3 Å². The van der Waals surface area contributed by atoms with Gasteiger partial charge in [0.2, 0.25) is 0 Å². The van der Waals surface area contributed by atoms with Crippen molar-refractivity contribution in [3.8, 4) is 5.75 Å². The van der Waals surface area contributed by atoms with E-state index < -0.39 is 0 Å². The summed E-state index contributed by atoms with van der Waals surface area (Å²) in [5.74, 6) is -0.0398. The maximum absolute atomic E-state index is 14.0. The quantitative estimate of drug-likeness (QED) is 0.840. The summed E-state index contributed by atoms with van der Waals surface area (Å²) in [5, 5.41) is 3.34. The molecule has 5 heteroatoms. The Kier molecular flexibility index (Phi) is 5.49. The van der Waals surface area contributed by atoms with E-state index in [1.54, 1.807) is 17.8 Å². The third-order valence-corrected chi connectivity index (χ3v) is 3.76. The predicted octanol–water partition coefficient (Wildman–Crippen LogP) is 3.92. The molecule has 1 unspecified atom stereocenters. The van der Waals surface area contributed by atoms with Crippen LogP contribution in [0.2, 0.25) is 0 Å². The Morgan fingerprint density at radius 1 is 1.45 bits per heavy atom. The van der Waals surface area contributed by atoms with Gasteiger partial charge in [-0.25, -0.2) is 4.39 Å². The van der Waals surface area contributed by atoms with Crippen LogP contribution in [0.25, 0.3) is 0 Å². The molecule has 0 saturated carbocycles. The fourth-order valence-corrected chi connectivity index (χ4v) is 2.35. The van der Waals surface area contributed by atoms with Crippen molar-refractivity contribution in [3.05, 3.63) is 46.2 Å². The molecule has 0 aliphatic heterocycles. The van der Waals surface area contributed by atoms with Crippen LogP contribution in [0, 0.1) is 5.82 Å². The summed E-state index contributed by atoms with van der Waals surface area (Å²) in [6.45, 7) is 5.41. The first kappa shape index (κ1) is 14.9. The van der Waals surface area contributed by atoms with Crippen LogP contribution in [0.1, 0.15) is 36.8 Å². The summed E-state index contributed by atoms with van der Waals surface area (Å²) in [6, 6.07) is 5.27. The largest absolute Gasteiger partial charge is 0.485 e. The van der Waals surface area contributed by atoms with Gasteiger partial charge < -0.3 is 10.1 Å². The van der Waals surface area contributed by atoms with Crippen LogP contribution in [-0.2, 0) is 6.61 Å². The number of benzene rings is 1. The van der Waals surface area contributed by atoms with E-state index in [4.69, 9.17) is 4.74 Å². The molecule has 0 fully saturated rings. The molecular weight excluding hydrogens is 275 g/mol. The maximum atomic E-state index is 14.0. The molecule has 0 aliphatic rings. The predicted molar refractivity (Wildman–Crippen MR) is 79.6 cm³/mol. The number of aromatic nitrogens is 1. The summed E-state index contributed by atoms with van der Waals surface area (Å²) in [7, 11) is 0. The normalized spacial score (nSPS) is 12.3. The minimum Gasteiger partial charge on any atom is -0.485 e. The fraction of sp³-hybridized carbons (Fsp3) is 0.400. The lowest BCUT2D eigenvalue weighted by atomic mass is 10.1. The van der Waals surface area contributed by atoms with E-state index in [1.165, 1.54) is 17.4 Å². The van der Waals surface area contributed by atoms with Crippen molar-refractivity contribution in [2.75, 3.05) is 6.54 Å². The molecule has 1 aromatic heterocycles. The SMILES string of the molecule is CCCNC(C)c1ccc(OCc2cncs2)c(F)c1. The molecule has 1 N–H and O–H groups in total. The van der Waals surface area contributed by atoms with Crippen LogP contribution in [0.4, 0.5) is 4.39 Å². The van der Waals surface area contributed by atoms with Crippen molar-refractivity contribution in [3.63, 3.8) is 0 Å². The molecular formula is C15H19FN2OS. The van der Waals surface area contributed by atoms with Crippen molar-refractivity contribution in [2.24, 2.45) is 0 Å². The van der Waals surface area contributed by atoms with Gasteiger partial charge in [0.15, 0.2) is 11.6 Å². The first-order chi connectivity index (χ1) is 9.70. The number of nitrogens with zero attached hydrogens (tertiary/aromatic N) is 1. The lowest BCUT2D eigenvalue weighted by Crippen LogP contribution is -2.19. The van der Waals surface area contributed by atoms with Crippen LogP contribution in [-0.4, -0.2) is 11.5 Å². The highest BCUT2D eigenvalue weighted by Gasteiger charge is 2.10. The van der Waals surface area contributed by atoms with E-state index in [1.807, 2.05) is 13.0 Å². The molecule has 1 atom stereocenters. The van der Waals surface area contributed by atoms with Crippen molar-refractivity contribution in [2.45, 2.75) is 32.9 Å². The average Bonchev–Trinajstić information content (AvgIpc) is 2.96. The van der Waals surface area contributed by atoms with Gasteiger partial charge in [0, 0.05) is 12.2 Å². The summed E-state index contributed by atoms with van der Waals surface area (Å²) >= 11 is 1.50. The highest BCUT2D eigenvalue weighted by Crippen LogP contribution is 2.23. The summed E-state index contributed by atoms with van der Waals surface area (Å²) in [4.78, 5) is 4.94. The standard InChI is InChI=1S/C15H19FN2OS/c1-3-6-18-11(2)12-4-5-15(14(16)7-12)19-9-13-8-17-10-20-13/h4-5,7-8,10-11,18H,3,6,9H2,1-2H3. The summed E-state index contributed by atoms with van der Waals surface area (Å²) < 4.78 is 19.5. The Morgan fingerprint density at radius 2 is 2.30 bits per heavy atom. The van der Waals surface area contributed by atoms with E-state index in [-0.39, 0.29) is 17.6 Å². The van der Waals surface area contributed by atoms with E-state index in [0.29, 0.717) is 6.61 Å². The van der Waals surface area contributed by atoms with E-state index in [0.717, 1.165) is 23.4 Å². The molecule has 20 heavy (non-hydrogen) atoms. The molecule has 1 aromatic carbocycles. The first-order valence-corrected chi connectivity index (χ1v) is 7.61.